The van der Waals surface area contributed by atoms with Crippen LogP contribution in [0.3, 0.4) is 0 Å². The largest absolute Gasteiger partial charge is 0.461 e. The number of aromatic nitrogens is 1. The lowest BCUT2D eigenvalue weighted by molar-refractivity contribution is 0.0507. The first-order valence-electron chi connectivity index (χ1n) is 4.71. The van der Waals surface area contributed by atoms with Crippen LogP contribution in [0.5, 0.6) is 0 Å². The van der Waals surface area contributed by atoms with Crippen molar-refractivity contribution in [2.24, 2.45) is 0 Å². The molecule has 17 heavy (non-hydrogen) atoms. The molecule has 0 unspecified atom stereocenters. The molecule has 0 aromatic carbocycles. The van der Waals surface area contributed by atoms with Crippen molar-refractivity contribution >= 4 is 33.5 Å². The summed E-state index contributed by atoms with van der Waals surface area (Å²) in [5.41, 5.74) is -0.538. The monoisotopic (exact) mass is 327 g/mol. The predicted molar refractivity (Wildman–Crippen MR) is 62.4 cm³/mol. The molecule has 0 atom stereocenters. The number of nitrogens with zero attached hydrogens (tertiary/aromatic N) is 1. The molecular weight excluding hydrogens is 319 g/mol. The summed E-state index contributed by atoms with van der Waals surface area (Å²) < 4.78 is 30.5. The van der Waals surface area contributed by atoms with E-state index in [1.54, 1.807) is 6.92 Å². The van der Waals surface area contributed by atoms with Gasteiger partial charge >= 0.3 is 5.97 Å². The highest BCUT2D eigenvalue weighted by Gasteiger charge is 2.23. The summed E-state index contributed by atoms with van der Waals surface area (Å²) in [4.78, 5) is 15.3. The Kier molecular flexibility index (Phi) is 5.27. The minimum atomic E-state index is -2.80. The minimum absolute atomic E-state index is 0.0104. The number of pyridine rings is 1. The van der Waals surface area contributed by atoms with E-state index in [0.717, 1.165) is 6.07 Å². The summed E-state index contributed by atoms with van der Waals surface area (Å²) in [5.74, 6) is -0.863. The van der Waals surface area contributed by atoms with E-state index in [2.05, 4.69) is 25.7 Å². The van der Waals surface area contributed by atoms with Crippen molar-refractivity contribution in [2.45, 2.75) is 19.2 Å². The van der Waals surface area contributed by atoms with Crippen LogP contribution in [-0.4, -0.2) is 17.6 Å². The van der Waals surface area contributed by atoms with E-state index in [-0.39, 0.29) is 18.2 Å². The van der Waals surface area contributed by atoms with Gasteiger partial charge in [0.1, 0.15) is 0 Å². The van der Waals surface area contributed by atoms with Crippen LogP contribution >= 0.6 is 27.5 Å². The standard InChI is InChI=1S/C10H9BrClF2NO2/c1-2-17-10(16)8-5(9(13)14)3-6(11)7(4-12)15-8/h3,9H,2,4H2,1H3. The molecule has 0 aliphatic carbocycles. The third kappa shape index (κ3) is 3.35. The van der Waals surface area contributed by atoms with E-state index in [9.17, 15) is 13.6 Å². The zero-order valence-corrected chi connectivity index (χ0v) is 11.2. The molecule has 0 N–H and O–H groups in total. The molecule has 0 spiro atoms. The Morgan fingerprint density at radius 2 is 2.29 bits per heavy atom. The number of hydrogen-bond donors (Lipinski definition) is 0. The second-order valence-electron chi connectivity index (χ2n) is 3.01. The summed E-state index contributed by atoms with van der Waals surface area (Å²) in [5, 5.41) is 0. The second kappa shape index (κ2) is 6.26. The van der Waals surface area contributed by atoms with Gasteiger partial charge in [0.2, 0.25) is 0 Å². The highest BCUT2D eigenvalue weighted by Crippen LogP contribution is 2.28. The van der Waals surface area contributed by atoms with Crippen LogP contribution in [0.1, 0.15) is 35.1 Å². The number of ether oxygens (including phenoxy) is 1. The zero-order chi connectivity index (χ0) is 13.0. The molecule has 0 bridgehead atoms. The van der Waals surface area contributed by atoms with Gasteiger partial charge in [-0.2, -0.15) is 0 Å². The van der Waals surface area contributed by atoms with Crippen molar-refractivity contribution in [3.05, 3.63) is 27.5 Å². The van der Waals surface area contributed by atoms with Crippen LogP contribution in [0.15, 0.2) is 10.5 Å². The lowest BCUT2D eigenvalue weighted by Crippen LogP contribution is -2.12. The quantitative estimate of drug-likeness (QED) is 0.625. The topological polar surface area (TPSA) is 39.2 Å². The van der Waals surface area contributed by atoms with Gasteiger partial charge in [0.05, 0.1) is 23.7 Å². The Hall–Kier alpha value is -0.750. The second-order valence-corrected chi connectivity index (χ2v) is 4.13. The summed E-state index contributed by atoms with van der Waals surface area (Å²) in [7, 11) is 0. The summed E-state index contributed by atoms with van der Waals surface area (Å²) in [6.07, 6.45) is -2.80. The molecule has 1 heterocycles. The molecule has 0 saturated heterocycles. The fourth-order valence-corrected chi connectivity index (χ4v) is 2.00. The Labute approximate surface area is 110 Å². The van der Waals surface area contributed by atoms with Gasteiger partial charge < -0.3 is 4.74 Å². The van der Waals surface area contributed by atoms with E-state index in [0.29, 0.717) is 10.2 Å². The fraction of sp³-hybridized carbons (Fsp3) is 0.400. The average Bonchev–Trinajstić information content (AvgIpc) is 2.28. The van der Waals surface area contributed by atoms with Crippen LogP contribution in [-0.2, 0) is 10.6 Å². The van der Waals surface area contributed by atoms with Gasteiger partial charge in [-0.05, 0) is 28.9 Å². The molecule has 94 valence electrons. The van der Waals surface area contributed by atoms with E-state index >= 15 is 0 Å². The minimum Gasteiger partial charge on any atom is -0.461 e. The maximum absolute atomic E-state index is 12.7. The molecular formula is C10H9BrClF2NO2. The molecule has 0 radical (unpaired) electrons. The summed E-state index contributed by atoms with van der Waals surface area (Å²) >= 11 is 8.65. The maximum atomic E-state index is 12.7. The Morgan fingerprint density at radius 3 is 2.76 bits per heavy atom. The smallest absolute Gasteiger partial charge is 0.357 e. The number of alkyl halides is 3. The van der Waals surface area contributed by atoms with E-state index < -0.39 is 18.0 Å². The predicted octanol–water partition coefficient (Wildman–Crippen LogP) is 3.70. The maximum Gasteiger partial charge on any atom is 0.357 e. The molecule has 0 saturated carbocycles. The van der Waals surface area contributed by atoms with Crippen molar-refractivity contribution in [3.63, 3.8) is 0 Å². The molecule has 0 aliphatic rings. The molecule has 7 heteroatoms. The molecule has 0 fully saturated rings. The van der Waals surface area contributed by atoms with Crippen LogP contribution < -0.4 is 0 Å². The van der Waals surface area contributed by atoms with Gasteiger partial charge in [0.15, 0.2) is 5.69 Å². The Morgan fingerprint density at radius 1 is 1.65 bits per heavy atom. The summed E-state index contributed by atoms with van der Waals surface area (Å²) in [6, 6.07) is 1.14. The SMILES string of the molecule is CCOC(=O)c1nc(CCl)c(Br)cc1C(F)F. The summed E-state index contributed by atoms with van der Waals surface area (Å²) in [6.45, 7) is 1.68. The van der Waals surface area contributed by atoms with E-state index in [4.69, 9.17) is 11.6 Å². The first-order chi connectivity index (χ1) is 8.01. The molecule has 0 aliphatic heterocycles. The fourth-order valence-electron chi connectivity index (χ4n) is 1.16. The lowest BCUT2D eigenvalue weighted by atomic mass is 10.2. The zero-order valence-electron chi connectivity index (χ0n) is 8.84. The number of halogens is 4. The molecule has 1 aromatic heterocycles. The normalized spacial score (nSPS) is 10.7. The van der Waals surface area contributed by atoms with E-state index in [1.807, 2.05) is 0 Å². The lowest BCUT2D eigenvalue weighted by Gasteiger charge is -2.10. The van der Waals surface area contributed by atoms with Crippen LogP contribution in [0.25, 0.3) is 0 Å². The number of hydrogen-bond acceptors (Lipinski definition) is 3. The van der Waals surface area contributed by atoms with Gasteiger partial charge in [0, 0.05) is 4.47 Å². The highest BCUT2D eigenvalue weighted by molar-refractivity contribution is 9.10. The van der Waals surface area contributed by atoms with Gasteiger partial charge in [0.25, 0.3) is 6.43 Å². The first kappa shape index (κ1) is 14.3. The molecule has 1 rings (SSSR count). The van der Waals surface area contributed by atoms with Crippen LogP contribution in [0.4, 0.5) is 8.78 Å². The van der Waals surface area contributed by atoms with Crippen LogP contribution in [0.2, 0.25) is 0 Å². The number of carbonyl (C=O) groups excluding carboxylic acids is 1. The number of rotatable bonds is 4. The van der Waals surface area contributed by atoms with E-state index in [1.165, 1.54) is 0 Å². The Bertz CT molecular complexity index is 429. The third-order valence-corrected chi connectivity index (χ3v) is 2.85. The van der Waals surface area contributed by atoms with Gasteiger partial charge in [-0.3, -0.25) is 0 Å². The van der Waals surface area contributed by atoms with Gasteiger partial charge in [-0.25, -0.2) is 18.6 Å². The molecule has 1 aromatic rings. The Balaban J connectivity index is 3.28. The van der Waals surface area contributed by atoms with Gasteiger partial charge in [-0.15, -0.1) is 11.6 Å². The van der Waals surface area contributed by atoms with Crippen molar-refractivity contribution < 1.29 is 18.3 Å². The number of esters is 1. The van der Waals surface area contributed by atoms with Crippen molar-refractivity contribution in [1.29, 1.82) is 0 Å². The van der Waals surface area contributed by atoms with Crippen molar-refractivity contribution in [1.82, 2.24) is 4.98 Å². The van der Waals surface area contributed by atoms with Gasteiger partial charge in [-0.1, -0.05) is 0 Å². The van der Waals surface area contributed by atoms with Crippen molar-refractivity contribution in [3.8, 4) is 0 Å². The molecule has 3 nitrogen and oxygen atoms in total. The molecule has 0 amide bonds. The highest BCUT2D eigenvalue weighted by atomic mass is 79.9. The first-order valence-corrected chi connectivity index (χ1v) is 6.04. The van der Waals surface area contributed by atoms with Crippen molar-refractivity contribution in [2.75, 3.05) is 6.61 Å². The number of carbonyl (C=O) groups is 1. The third-order valence-electron chi connectivity index (χ3n) is 1.91. The van der Waals surface area contributed by atoms with Crippen LogP contribution in [0, 0.1) is 0 Å². The average molecular weight is 329 g/mol.